The lowest BCUT2D eigenvalue weighted by atomic mass is 10.2. The summed E-state index contributed by atoms with van der Waals surface area (Å²) >= 11 is 0. The largest absolute Gasteiger partial charge is 0.385 e. The molecule has 0 saturated heterocycles. The fourth-order valence-corrected chi connectivity index (χ4v) is 1.93. The Bertz CT molecular complexity index is 252. The highest BCUT2D eigenvalue weighted by Gasteiger charge is 2.25. The maximum atomic E-state index is 11.3. The summed E-state index contributed by atoms with van der Waals surface area (Å²) in [4.78, 5) is 11.3. The number of carbonyl (C=O) groups is 1. The van der Waals surface area contributed by atoms with Gasteiger partial charge in [0.1, 0.15) is 12.6 Å². The van der Waals surface area contributed by atoms with Gasteiger partial charge in [0.25, 0.3) is 0 Å². The first-order valence-corrected chi connectivity index (χ1v) is 6.37. The zero-order valence-electron chi connectivity index (χ0n) is 11.6. The van der Waals surface area contributed by atoms with Crippen molar-refractivity contribution in [3.8, 4) is 0 Å². The molecule has 17 heavy (non-hydrogen) atoms. The fraction of sp³-hybridized carbons (Fsp3) is 0.769. The van der Waals surface area contributed by atoms with Crippen LogP contribution in [-0.4, -0.2) is 54.3 Å². The van der Waals surface area contributed by atoms with Crippen LogP contribution in [0, 0.1) is 0 Å². The number of rotatable bonds is 8. The van der Waals surface area contributed by atoms with E-state index < -0.39 is 6.10 Å². The lowest BCUT2D eigenvalue weighted by Gasteiger charge is -2.37. The zero-order chi connectivity index (χ0) is 13.5. The van der Waals surface area contributed by atoms with E-state index in [2.05, 4.69) is 32.7 Å². The molecule has 0 aliphatic heterocycles. The molecule has 0 spiro atoms. The van der Waals surface area contributed by atoms with Crippen LogP contribution in [0.15, 0.2) is 12.2 Å². The van der Waals surface area contributed by atoms with Crippen LogP contribution < -0.4 is 5.32 Å². The Kier molecular flexibility index (Phi) is 7.07. The molecule has 100 valence electrons. The molecule has 2 N–H and O–H groups in total. The standard InChI is InChI=1S/C13H26N2O2/c1-6-15(7-2,8-3)10-12(16)9-14-13(17)11(4)5/h12,16H,4,6-10H2,1-3,5H3/p+1. The molecule has 1 unspecified atom stereocenters. The summed E-state index contributed by atoms with van der Waals surface area (Å²) in [5.41, 5.74) is 0.472. The molecule has 0 aliphatic rings. The lowest BCUT2D eigenvalue weighted by molar-refractivity contribution is -0.925. The second kappa shape index (κ2) is 7.45. The molecule has 0 aromatic heterocycles. The third kappa shape index (κ3) is 5.33. The predicted molar refractivity (Wildman–Crippen MR) is 70.6 cm³/mol. The highest BCUT2D eigenvalue weighted by Crippen LogP contribution is 2.07. The summed E-state index contributed by atoms with van der Waals surface area (Å²) in [6.07, 6.45) is -0.502. The Morgan fingerprint density at radius 3 is 2.12 bits per heavy atom. The van der Waals surface area contributed by atoms with Crippen LogP contribution in [0.2, 0.25) is 0 Å². The number of amides is 1. The van der Waals surface area contributed by atoms with Crippen molar-refractivity contribution in [3.63, 3.8) is 0 Å². The quantitative estimate of drug-likeness (QED) is 0.492. The van der Waals surface area contributed by atoms with Gasteiger partial charge in [-0.1, -0.05) is 6.58 Å². The van der Waals surface area contributed by atoms with Gasteiger partial charge in [-0.15, -0.1) is 0 Å². The van der Waals surface area contributed by atoms with Crippen LogP contribution in [0.5, 0.6) is 0 Å². The first kappa shape index (κ1) is 16.1. The van der Waals surface area contributed by atoms with Crippen molar-refractivity contribution in [2.45, 2.75) is 33.8 Å². The number of aliphatic hydroxyl groups is 1. The average molecular weight is 243 g/mol. The molecule has 1 atom stereocenters. The van der Waals surface area contributed by atoms with Crippen molar-refractivity contribution in [3.05, 3.63) is 12.2 Å². The van der Waals surface area contributed by atoms with E-state index in [9.17, 15) is 9.90 Å². The first-order chi connectivity index (χ1) is 7.90. The summed E-state index contributed by atoms with van der Waals surface area (Å²) < 4.78 is 0.879. The molecule has 0 aromatic carbocycles. The van der Waals surface area contributed by atoms with Crippen molar-refractivity contribution in [2.75, 3.05) is 32.7 Å². The molecule has 0 radical (unpaired) electrons. The molecule has 0 heterocycles. The van der Waals surface area contributed by atoms with Gasteiger partial charge >= 0.3 is 0 Å². The van der Waals surface area contributed by atoms with Gasteiger partial charge in [0, 0.05) is 12.1 Å². The summed E-state index contributed by atoms with van der Waals surface area (Å²) in [5, 5.41) is 12.6. The van der Waals surface area contributed by atoms with Crippen molar-refractivity contribution >= 4 is 5.91 Å². The Morgan fingerprint density at radius 2 is 1.76 bits per heavy atom. The van der Waals surface area contributed by atoms with Crippen LogP contribution in [-0.2, 0) is 4.79 Å². The molecule has 0 saturated carbocycles. The second-order valence-corrected chi connectivity index (χ2v) is 4.62. The Hall–Kier alpha value is -0.870. The number of quaternary nitrogens is 1. The van der Waals surface area contributed by atoms with E-state index in [4.69, 9.17) is 0 Å². The maximum Gasteiger partial charge on any atom is 0.246 e. The number of carbonyl (C=O) groups excluding carboxylic acids is 1. The van der Waals surface area contributed by atoms with Gasteiger partial charge < -0.3 is 14.9 Å². The summed E-state index contributed by atoms with van der Waals surface area (Å²) in [6.45, 7) is 15.6. The van der Waals surface area contributed by atoms with Gasteiger partial charge in [0.05, 0.1) is 19.6 Å². The molecule has 4 heteroatoms. The van der Waals surface area contributed by atoms with Crippen LogP contribution in [0.3, 0.4) is 0 Å². The van der Waals surface area contributed by atoms with E-state index in [-0.39, 0.29) is 5.91 Å². The fourth-order valence-electron chi connectivity index (χ4n) is 1.93. The smallest absolute Gasteiger partial charge is 0.246 e. The Labute approximate surface area is 105 Å². The van der Waals surface area contributed by atoms with Gasteiger partial charge in [-0.25, -0.2) is 0 Å². The van der Waals surface area contributed by atoms with E-state index in [1.807, 2.05) is 0 Å². The number of aliphatic hydroxyl groups excluding tert-OH is 1. The first-order valence-electron chi connectivity index (χ1n) is 6.37. The van der Waals surface area contributed by atoms with Gasteiger partial charge in [0.15, 0.2) is 0 Å². The zero-order valence-corrected chi connectivity index (χ0v) is 11.6. The minimum absolute atomic E-state index is 0.188. The minimum Gasteiger partial charge on any atom is -0.385 e. The van der Waals surface area contributed by atoms with E-state index in [0.29, 0.717) is 18.7 Å². The molecule has 0 rings (SSSR count). The number of nitrogens with zero attached hydrogens (tertiary/aromatic N) is 1. The molecule has 0 bridgehead atoms. The van der Waals surface area contributed by atoms with Gasteiger partial charge in [0.2, 0.25) is 5.91 Å². The topological polar surface area (TPSA) is 49.3 Å². The highest BCUT2D eigenvalue weighted by molar-refractivity contribution is 5.92. The molecule has 0 aromatic rings. The van der Waals surface area contributed by atoms with E-state index in [1.54, 1.807) is 6.92 Å². The van der Waals surface area contributed by atoms with Crippen molar-refractivity contribution in [2.24, 2.45) is 0 Å². The van der Waals surface area contributed by atoms with Gasteiger partial charge in [-0.05, 0) is 27.7 Å². The minimum atomic E-state index is -0.502. The number of hydrogen-bond acceptors (Lipinski definition) is 2. The van der Waals surface area contributed by atoms with Crippen LogP contribution in [0.25, 0.3) is 0 Å². The van der Waals surface area contributed by atoms with Gasteiger partial charge in [-0.2, -0.15) is 0 Å². The van der Waals surface area contributed by atoms with Gasteiger partial charge in [-0.3, -0.25) is 4.79 Å². The molecule has 4 nitrogen and oxygen atoms in total. The number of likely N-dealkylation sites (N-methyl/N-ethyl adjacent to an activating group) is 1. The highest BCUT2D eigenvalue weighted by atomic mass is 16.3. The normalized spacial score (nSPS) is 13.2. The lowest BCUT2D eigenvalue weighted by Crippen LogP contribution is -2.53. The van der Waals surface area contributed by atoms with Crippen molar-refractivity contribution in [1.82, 2.24) is 5.32 Å². The monoisotopic (exact) mass is 243 g/mol. The molecule has 0 aliphatic carbocycles. The molecular formula is C13H27N2O2+. The van der Waals surface area contributed by atoms with Crippen molar-refractivity contribution in [1.29, 1.82) is 0 Å². The van der Waals surface area contributed by atoms with Crippen molar-refractivity contribution < 1.29 is 14.4 Å². The van der Waals surface area contributed by atoms with E-state index >= 15 is 0 Å². The van der Waals surface area contributed by atoms with E-state index in [1.165, 1.54) is 0 Å². The predicted octanol–water partition coefficient (Wildman–Crippen LogP) is 0.916. The SMILES string of the molecule is C=C(C)C(=O)NCC(O)C[N+](CC)(CC)CC. The summed E-state index contributed by atoms with van der Waals surface area (Å²) in [5.74, 6) is -0.188. The maximum absolute atomic E-state index is 11.3. The second-order valence-electron chi connectivity index (χ2n) is 4.62. The number of hydrogen-bond donors (Lipinski definition) is 2. The molecule has 1 amide bonds. The third-order valence-corrected chi connectivity index (χ3v) is 3.50. The van der Waals surface area contributed by atoms with Crippen LogP contribution in [0.1, 0.15) is 27.7 Å². The molecular weight excluding hydrogens is 216 g/mol. The third-order valence-electron chi connectivity index (χ3n) is 3.50. The summed E-state index contributed by atoms with van der Waals surface area (Å²) in [6, 6.07) is 0. The average Bonchev–Trinajstić information content (AvgIpc) is 2.33. The summed E-state index contributed by atoms with van der Waals surface area (Å²) in [7, 11) is 0. The van der Waals surface area contributed by atoms with Crippen LogP contribution in [0.4, 0.5) is 0 Å². The Balaban J connectivity index is 4.20. The Morgan fingerprint density at radius 1 is 1.29 bits per heavy atom. The van der Waals surface area contributed by atoms with E-state index in [0.717, 1.165) is 24.1 Å². The molecule has 0 fully saturated rings. The number of nitrogens with one attached hydrogen (secondary N) is 1. The van der Waals surface area contributed by atoms with Crippen LogP contribution >= 0.6 is 0 Å².